The topological polar surface area (TPSA) is 61.9 Å². The molecule has 0 radical (unpaired) electrons. The molecule has 176 valence electrons. The summed E-state index contributed by atoms with van der Waals surface area (Å²) in [6.45, 7) is 6.88. The van der Waals surface area contributed by atoms with Gasteiger partial charge in [0.05, 0.1) is 13.0 Å². The number of ether oxygens (including phenoxy) is 1. The van der Waals surface area contributed by atoms with Crippen LogP contribution in [0.4, 0.5) is 0 Å². The van der Waals surface area contributed by atoms with Gasteiger partial charge in [0.15, 0.2) is 0 Å². The van der Waals surface area contributed by atoms with Crippen LogP contribution in [-0.2, 0) is 22.7 Å². The quantitative estimate of drug-likeness (QED) is 0.671. The molecule has 2 saturated heterocycles. The van der Waals surface area contributed by atoms with Crippen LogP contribution in [-0.4, -0.2) is 54.9 Å². The van der Waals surface area contributed by atoms with Gasteiger partial charge in [-0.2, -0.15) is 0 Å². The Balaban J connectivity index is 1.17. The van der Waals surface area contributed by atoms with E-state index in [-0.39, 0.29) is 17.7 Å². The van der Waals surface area contributed by atoms with Crippen molar-refractivity contribution >= 4 is 11.8 Å². The molecule has 0 saturated carbocycles. The van der Waals surface area contributed by atoms with Crippen LogP contribution in [0.2, 0.25) is 0 Å². The number of carbonyl (C=O) groups is 2. The lowest BCUT2D eigenvalue weighted by Crippen LogP contribution is -2.40. The van der Waals surface area contributed by atoms with Gasteiger partial charge in [-0.3, -0.25) is 14.5 Å². The number of piperidine rings is 1. The number of carbonyl (C=O) groups excluding carboxylic acids is 2. The summed E-state index contributed by atoms with van der Waals surface area (Å²) >= 11 is 0. The maximum Gasteiger partial charge on any atom is 0.225 e. The van der Waals surface area contributed by atoms with Gasteiger partial charge < -0.3 is 15.0 Å². The minimum Gasteiger partial charge on any atom is -0.497 e. The van der Waals surface area contributed by atoms with Crippen LogP contribution in [0.5, 0.6) is 5.75 Å². The highest BCUT2D eigenvalue weighted by atomic mass is 16.5. The molecule has 1 atom stereocenters. The van der Waals surface area contributed by atoms with Crippen LogP contribution >= 0.6 is 0 Å². The monoisotopic (exact) mass is 449 g/mol. The molecule has 2 fully saturated rings. The average molecular weight is 450 g/mol. The number of hydrogen-bond acceptors (Lipinski definition) is 4. The van der Waals surface area contributed by atoms with Gasteiger partial charge in [-0.25, -0.2) is 0 Å². The van der Waals surface area contributed by atoms with Gasteiger partial charge in [-0.15, -0.1) is 0 Å². The highest BCUT2D eigenvalue weighted by Crippen LogP contribution is 2.22. The van der Waals surface area contributed by atoms with Crippen molar-refractivity contribution in [1.29, 1.82) is 0 Å². The summed E-state index contributed by atoms with van der Waals surface area (Å²) in [5, 5.41) is 3.13. The number of methoxy groups -OCH3 is 1. The number of rotatable bonds is 8. The number of amides is 2. The van der Waals surface area contributed by atoms with Gasteiger partial charge in [0.25, 0.3) is 0 Å². The summed E-state index contributed by atoms with van der Waals surface area (Å²) < 4.78 is 5.23. The highest BCUT2D eigenvalue weighted by Gasteiger charge is 2.34. The molecule has 2 aromatic rings. The summed E-state index contributed by atoms with van der Waals surface area (Å²) in [6, 6.07) is 16.5. The maximum absolute atomic E-state index is 12.7. The van der Waals surface area contributed by atoms with E-state index in [1.807, 2.05) is 17.0 Å². The van der Waals surface area contributed by atoms with Crippen LogP contribution in [0.25, 0.3) is 0 Å². The number of hydrogen-bond donors (Lipinski definition) is 1. The molecule has 1 unspecified atom stereocenters. The average Bonchev–Trinajstić information content (AvgIpc) is 3.20. The Hall–Kier alpha value is -2.86. The van der Waals surface area contributed by atoms with Crippen molar-refractivity contribution in [3.8, 4) is 5.75 Å². The van der Waals surface area contributed by atoms with Crippen molar-refractivity contribution in [3.63, 3.8) is 0 Å². The summed E-state index contributed by atoms with van der Waals surface area (Å²) in [7, 11) is 1.69. The molecular formula is C27H35N3O3. The third-order valence-electron chi connectivity index (χ3n) is 6.92. The number of nitrogens with one attached hydrogen (secondary N) is 1. The van der Waals surface area contributed by atoms with Crippen molar-refractivity contribution < 1.29 is 14.3 Å². The summed E-state index contributed by atoms with van der Waals surface area (Å²) in [4.78, 5) is 29.4. The molecule has 2 aromatic carbocycles. The van der Waals surface area contributed by atoms with Crippen molar-refractivity contribution in [2.75, 3.05) is 33.3 Å². The van der Waals surface area contributed by atoms with Crippen molar-refractivity contribution in [3.05, 3.63) is 65.2 Å². The van der Waals surface area contributed by atoms with Crippen molar-refractivity contribution in [2.45, 2.75) is 39.3 Å². The van der Waals surface area contributed by atoms with Crippen molar-refractivity contribution in [1.82, 2.24) is 15.1 Å². The number of aryl methyl sites for hydroxylation is 1. The van der Waals surface area contributed by atoms with E-state index in [1.165, 1.54) is 11.1 Å². The molecule has 6 nitrogen and oxygen atoms in total. The predicted molar refractivity (Wildman–Crippen MR) is 129 cm³/mol. The number of likely N-dealkylation sites (tertiary alicyclic amines) is 2. The zero-order chi connectivity index (χ0) is 23.2. The van der Waals surface area contributed by atoms with Crippen LogP contribution in [0, 0.1) is 18.8 Å². The predicted octanol–water partition coefficient (Wildman–Crippen LogP) is 3.38. The largest absolute Gasteiger partial charge is 0.497 e. The van der Waals surface area contributed by atoms with E-state index in [0.29, 0.717) is 32.0 Å². The molecule has 0 aliphatic carbocycles. The zero-order valence-corrected chi connectivity index (χ0v) is 19.8. The first kappa shape index (κ1) is 23.3. The molecule has 0 spiro atoms. The van der Waals surface area contributed by atoms with Gasteiger partial charge in [0, 0.05) is 32.6 Å². The molecule has 2 aliphatic heterocycles. The lowest BCUT2D eigenvalue weighted by molar-refractivity contribution is -0.129. The van der Waals surface area contributed by atoms with E-state index >= 15 is 0 Å². The second-order valence-electron chi connectivity index (χ2n) is 9.47. The van der Waals surface area contributed by atoms with Crippen LogP contribution in [0.1, 0.15) is 36.0 Å². The standard InChI is InChI=1S/C27H35N3O3/c1-20-3-5-23(6-4-20)18-30-19-24(15-26(30)31)27(32)28-16-21-11-13-29(14-12-21)17-22-7-9-25(33-2)10-8-22/h3-10,21,24H,11-19H2,1-2H3,(H,28,32). The molecule has 2 amide bonds. The van der Waals surface area contributed by atoms with E-state index in [1.54, 1.807) is 7.11 Å². The maximum atomic E-state index is 12.7. The van der Waals surface area contributed by atoms with Gasteiger partial charge in [-0.05, 0) is 62.0 Å². The van der Waals surface area contributed by atoms with Crippen LogP contribution in [0.15, 0.2) is 48.5 Å². The summed E-state index contributed by atoms with van der Waals surface area (Å²) in [5.41, 5.74) is 3.61. The smallest absolute Gasteiger partial charge is 0.225 e. The molecule has 1 N–H and O–H groups in total. The van der Waals surface area contributed by atoms with Crippen LogP contribution in [0.3, 0.4) is 0 Å². The van der Waals surface area contributed by atoms with Gasteiger partial charge in [0.2, 0.25) is 11.8 Å². The molecule has 6 heteroatoms. The Morgan fingerprint density at radius 3 is 2.30 bits per heavy atom. The Morgan fingerprint density at radius 2 is 1.64 bits per heavy atom. The number of benzene rings is 2. The lowest BCUT2D eigenvalue weighted by atomic mass is 9.96. The van der Waals surface area contributed by atoms with Crippen LogP contribution < -0.4 is 10.1 Å². The fraction of sp³-hybridized carbons (Fsp3) is 0.481. The van der Waals surface area contributed by atoms with Gasteiger partial charge in [0.1, 0.15) is 5.75 Å². The minimum absolute atomic E-state index is 0.0235. The third-order valence-corrected chi connectivity index (χ3v) is 6.92. The zero-order valence-electron chi connectivity index (χ0n) is 19.8. The molecule has 2 aliphatic rings. The molecule has 0 bridgehead atoms. The fourth-order valence-electron chi connectivity index (χ4n) is 4.74. The Labute approximate surface area is 196 Å². The normalized spacial score (nSPS) is 19.6. The Kier molecular flexibility index (Phi) is 7.65. The molecular weight excluding hydrogens is 414 g/mol. The number of nitrogens with zero attached hydrogens (tertiary/aromatic N) is 2. The second kappa shape index (κ2) is 10.8. The summed E-state index contributed by atoms with van der Waals surface area (Å²) in [6.07, 6.45) is 2.48. The third kappa shape index (κ3) is 6.35. The first-order valence-electron chi connectivity index (χ1n) is 12.0. The first-order valence-corrected chi connectivity index (χ1v) is 12.0. The molecule has 33 heavy (non-hydrogen) atoms. The Morgan fingerprint density at radius 1 is 1.00 bits per heavy atom. The first-order chi connectivity index (χ1) is 16.0. The van der Waals surface area contributed by atoms with E-state index in [0.717, 1.165) is 43.8 Å². The molecule has 2 heterocycles. The Bertz CT molecular complexity index is 934. The van der Waals surface area contributed by atoms with E-state index in [4.69, 9.17) is 4.74 Å². The molecule has 0 aromatic heterocycles. The van der Waals surface area contributed by atoms with Gasteiger partial charge >= 0.3 is 0 Å². The SMILES string of the molecule is COc1ccc(CN2CCC(CNC(=O)C3CC(=O)N(Cc4ccc(C)cc4)C3)CC2)cc1. The van der Waals surface area contributed by atoms with Crippen molar-refractivity contribution in [2.24, 2.45) is 11.8 Å². The highest BCUT2D eigenvalue weighted by molar-refractivity contribution is 5.89. The summed E-state index contributed by atoms with van der Waals surface area (Å²) in [5.74, 6) is 1.24. The fourth-order valence-corrected chi connectivity index (χ4v) is 4.74. The lowest BCUT2D eigenvalue weighted by Gasteiger charge is -2.32. The van der Waals surface area contributed by atoms with E-state index in [9.17, 15) is 9.59 Å². The minimum atomic E-state index is -0.238. The van der Waals surface area contributed by atoms with E-state index in [2.05, 4.69) is 53.5 Å². The second-order valence-corrected chi connectivity index (χ2v) is 9.47. The van der Waals surface area contributed by atoms with E-state index < -0.39 is 0 Å². The molecule has 4 rings (SSSR count). The van der Waals surface area contributed by atoms with Gasteiger partial charge in [-0.1, -0.05) is 42.0 Å².